The molecule has 0 heterocycles. The number of rotatable bonds is 5. The summed E-state index contributed by atoms with van der Waals surface area (Å²) in [5.41, 5.74) is 5.91. The number of hydrogen-bond acceptors (Lipinski definition) is 3. The molecule has 2 rings (SSSR count). The van der Waals surface area contributed by atoms with Crippen LogP contribution in [0.5, 0.6) is 5.75 Å². The van der Waals surface area contributed by atoms with Crippen molar-refractivity contribution in [2.75, 3.05) is 14.2 Å². The lowest BCUT2D eigenvalue weighted by Crippen LogP contribution is -2.08. The summed E-state index contributed by atoms with van der Waals surface area (Å²) in [7, 11) is 3.05. The molecule has 0 unspecified atom stereocenters. The van der Waals surface area contributed by atoms with E-state index in [0.29, 0.717) is 5.56 Å². The minimum Gasteiger partial charge on any atom is -0.497 e. The molecule has 0 saturated heterocycles. The predicted octanol–water partition coefficient (Wildman–Crippen LogP) is 4.33. The zero-order valence-corrected chi connectivity index (χ0v) is 14.1. The summed E-state index contributed by atoms with van der Waals surface area (Å²) in [6.07, 6.45) is 2.46. The Kier molecular flexibility index (Phi) is 5.22. The van der Waals surface area contributed by atoms with Gasteiger partial charge in [-0.2, -0.15) is 0 Å². The number of esters is 1. The fourth-order valence-corrected chi connectivity index (χ4v) is 2.69. The van der Waals surface area contributed by atoms with Crippen molar-refractivity contribution < 1.29 is 14.3 Å². The van der Waals surface area contributed by atoms with Gasteiger partial charge in [0, 0.05) is 0 Å². The van der Waals surface area contributed by atoms with Gasteiger partial charge in [0.1, 0.15) is 5.75 Å². The van der Waals surface area contributed by atoms with Gasteiger partial charge in [-0.05, 0) is 66.3 Å². The molecule has 0 aliphatic carbocycles. The summed E-state index contributed by atoms with van der Waals surface area (Å²) in [5, 5.41) is 0. The number of methoxy groups -OCH3 is 2. The molecule has 0 aliphatic heterocycles. The highest BCUT2D eigenvalue weighted by molar-refractivity contribution is 5.94. The Labute approximate surface area is 137 Å². The maximum Gasteiger partial charge on any atom is 0.338 e. The van der Waals surface area contributed by atoms with Crippen molar-refractivity contribution in [2.45, 2.75) is 20.3 Å². The fraction of sp³-hybridized carbons (Fsp3) is 0.250. The van der Waals surface area contributed by atoms with Crippen LogP contribution >= 0.6 is 0 Å². The minimum atomic E-state index is -0.334. The molecule has 2 aromatic rings. The van der Waals surface area contributed by atoms with Crippen LogP contribution in [0.1, 0.15) is 38.2 Å². The molecule has 23 heavy (non-hydrogen) atoms. The molecule has 120 valence electrons. The molecule has 3 nitrogen and oxygen atoms in total. The topological polar surface area (TPSA) is 35.5 Å². The molecule has 3 heteroatoms. The van der Waals surface area contributed by atoms with Crippen molar-refractivity contribution in [2.24, 2.45) is 0 Å². The van der Waals surface area contributed by atoms with Gasteiger partial charge in [0.2, 0.25) is 0 Å². The quantitative estimate of drug-likeness (QED) is 0.771. The average molecular weight is 310 g/mol. The second-order valence-corrected chi connectivity index (χ2v) is 5.47. The van der Waals surface area contributed by atoms with Crippen molar-refractivity contribution in [1.82, 2.24) is 0 Å². The van der Waals surface area contributed by atoms with E-state index in [2.05, 4.69) is 13.5 Å². The van der Waals surface area contributed by atoms with Gasteiger partial charge in [0.15, 0.2) is 0 Å². The van der Waals surface area contributed by atoms with Gasteiger partial charge in [-0.3, -0.25) is 0 Å². The molecular formula is C20H22O3. The minimum absolute atomic E-state index is 0.334. The van der Waals surface area contributed by atoms with Crippen LogP contribution in [0.2, 0.25) is 0 Å². The number of benzene rings is 2. The van der Waals surface area contributed by atoms with Crippen LogP contribution in [-0.2, 0) is 11.2 Å². The first-order valence-electron chi connectivity index (χ1n) is 7.48. The molecule has 0 N–H and O–H groups in total. The summed E-state index contributed by atoms with van der Waals surface area (Å²) in [5.74, 6) is 0.498. The normalized spacial score (nSPS) is 10.3. The van der Waals surface area contributed by atoms with E-state index < -0.39 is 0 Å². The fourth-order valence-electron chi connectivity index (χ4n) is 2.69. The van der Waals surface area contributed by atoms with Crippen LogP contribution in [0.3, 0.4) is 0 Å². The van der Waals surface area contributed by atoms with Gasteiger partial charge in [-0.1, -0.05) is 24.8 Å². The van der Waals surface area contributed by atoms with Crippen LogP contribution in [0.15, 0.2) is 36.9 Å². The SMILES string of the molecule is C=Cc1c(C(=O)OC)cc(Cc2ccc(OC)cc2)c(C)c1C. The number of ether oxygens (including phenoxy) is 2. The number of carbonyl (C=O) groups excluding carboxylic acids is 1. The van der Waals surface area contributed by atoms with E-state index in [1.807, 2.05) is 37.3 Å². The molecule has 0 bridgehead atoms. The lowest BCUT2D eigenvalue weighted by Gasteiger charge is -2.16. The first-order valence-corrected chi connectivity index (χ1v) is 7.48. The molecule has 0 fully saturated rings. The summed E-state index contributed by atoms with van der Waals surface area (Å²) in [6.45, 7) is 7.90. The Bertz CT molecular complexity index is 728. The van der Waals surface area contributed by atoms with Gasteiger partial charge in [0.25, 0.3) is 0 Å². The summed E-state index contributed by atoms with van der Waals surface area (Å²) >= 11 is 0. The van der Waals surface area contributed by atoms with E-state index in [1.54, 1.807) is 13.2 Å². The average Bonchev–Trinajstić information content (AvgIpc) is 2.58. The van der Waals surface area contributed by atoms with E-state index in [1.165, 1.54) is 12.7 Å². The van der Waals surface area contributed by atoms with Gasteiger partial charge in [-0.15, -0.1) is 0 Å². The monoisotopic (exact) mass is 310 g/mol. The van der Waals surface area contributed by atoms with Crippen molar-refractivity contribution >= 4 is 12.0 Å². The van der Waals surface area contributed by atoms with E-state index in [-0.39, 0.29) is 5.97 Å². The molecule has 0 amide bonds. The van der Waals surface area contributed by atoms with Crippen molar-refractivity contribution in [1.29, 1.82) is 0 Å². The highest BCUT2D eigenvalue weighted by Gasteiger charge is 2.16. The largest absolute Gasteiger partial charge is 0.497 e. The highest BCUT2D eigenvalue weighted by Crippen LogP contribution is 2.26. The molecule has 0 radical (unpaired) electrons. The van der Waals surface area contributed by atoms with Gasteiger partial charge in [-0.25, -0.2) is 4.79 Å². The van der Waals surface area contributed by atoms with E-state index in [0.717, 1.165) is 34.4 Å². The molecule has 0 saturated carbocycles. The van der Waals surface area contributed by atoms with Crippen LogP contribution < -0.4 is 4.74 Å². The summed E-state index contributed by atoms with van der Waals surface area (Å²) in [6, 6.07) is 9.86. The van der Waals surface area contributed by atoms with Crippen molar-refractivity contribution in [3.63, 3.8) is 0 Å². The van der Waals surface area contributed by atoms with Crippen LogP contribution in [-0.4, -0.2) is 20.2 Å². The highest BCUT2D eigenvalue weighted by atomic mass is 16.5. The van der Waals surface area contributed by atoms with E-state index in [9.17, 15) is 4.79 Å². The van der Waals surface area contributed by atoms with Crippen LogP contribution in [0, 0.1) is 13.8 Å². The first-order chi connectivity index (χ1) is 11.0. The van der Waals surface area contributed by atoms with Gasteiger partial charge in [0.05, 0.1) is 19.8 Å². The smallest absolute Gasteiger partial charge is 0.338 e. The summed E-state index contributed by atoms with van der Waals surface area (Å²) < 4.78 is 10.1. The van der Waals surface area contributed by atoms with Gasteiger partial charge < -0.3 is 9.47 Å². The van der Waals surface area contributed by atoms with Crippen LogP contribution in [0.4, 0.5) is 0 Å². The van der Waals surface area contributed by atoms with E-state index in [4.69, 9.17) is 9.47 Å². The maximum absolute atomic E-state index is 12.1. The van der Waals surface area contributed by atoms with Crippen molar-refractivity contribution in [3.05, 3.63) is 70.3 Å². The Hall–Kier alpha value is -2.55. The second kappa shape index (κ2) is 7.14. The molecule has 0 aromatic heterocycles. The molecular weight excluding hydrogens is 288 g/mol. The predicted molar refractivity (Wildman–Crippen MR) is 93.1 cm³/mol. The van der Waals surface area contributed by atoms with Crippen molar-refractivity contribution in [3.8, 4) is 5.75 Å². The standard InChI is InChI=1S/C20H22O3/c1-6-18-14(3)13(2)16(12-19(18)20(21)23-5)11-15-7-9-17(22-4)10-8-15/h6-10,12H,1,11H2,2-5H3. The third kappa shape index (κ3) is 3.45. The number of carbonyl (C=O) groups is 1. The first kappa shape index (κ1) is 16.8. The molecule has 0 spiro atoms. The third-order valence-corrected chi connectivity index (χ3v) is 4.22. The molecule has 2 aromatic carbocycles. The Morgan fingerprint density at radius 1 is 1.13 bits per heavy atom. The Balaban J connectivity index is 2.47. The van der Waals surface area contributed by atoms with Gasteiger partial charge >= 0.3 is 5.97 Å². The maximum atomic E-state index is 12.1. The molecule has 0 atom stereocenters. The van der Waals surface area contributed by atoms with Crippen LogP contribution in [0.25, 0.3) is 6.08 Å². The Morgan fingerprint density at radius 3 is 2.30 bits per heavy atom. The zero-order valence-electron chi connectivity index (χ0n) is 14.1. The molecule has 0 aliphatic rings. The lowest BCUT2D eigenvalue weighted by molar-refractivity contribution is 0.0600. The lowest BCUT2D eigenvalue weighted by atomic mass is 9.90. The number of hydrogen-bond donors (Lipinski definition) is 0. The zero-order chi connectivity index (χ0) is 17.0. The van der Waals surface area contributed by atoms with E-state index >= 15 is 0 Å². The summed E-state index contributed by atoms with van der Waals surface area (Å²) in [4.78, 5) is 12.1. The second-order valence-electron chi connectivity index (χ2n) is 5.47. The third-order valence-electron chi connectivity index (χ3n) is 4.22. The Morgan fingerprint density at radius 2 is 1.78 bits per heavy atom.